The largest absolute Gasteiger partial charge is 0.508 e. The van der Waals surface area contributed by atoms with Crippen molar-refractivity contribution in [2.45, 2.75) is 12.8 Å². The molecule has 0 saturated carbocycles. The molecule has 1 unspecified atom stereocenters. The number of rotatable bonds is 6. The summed E-state index contributed by atoms with van der Waals surface area (Å²) in [6, 6.07) is 12.2. The van der Waals surface area contributed by atoms with E-state index in [9.17, 15) is 10.2 Å². The average Bonchev–Trinajstić information content (AvgIpc) is 2.52. The summed E-state index contributed by atoms with van der Waals surface area (Å²) >= 11 is 4.66. The molecule has 2 rings (SSSR count). The molecule has 4 nitrogen and oxygen atoms in total. The second kappa shape index (κ2) is 7.59. The molecule has 0 aliphatic heterocycles. The zero-order valence-electron chi connectivity index (χ0n) is 12.2. The third-order valence-electron chi connectivity index (χ3n) is 3.32. The number of hydrogen-bond donors (Lipinski definition) is 2. The standard InChI is InChI=1S/C17H17NO3S/c1-2-21-17-9-13(5-8-16(17)20)15(10-18-11-22)12-3-6-14(19)7-4-12/h3-9,15,19-20H,2,10H2,1H3. The van der Waals surface area contributed by atoms with Crippen molar-refractivity contribution < 1.29 is 14.9 Å². The molecule has 0 bridgehead atoms. The van der Waals surface area contributed by atoms with Crippen LogP contribution in [-0.4, -0.2) is 28.5 Å². The van der Waals surface area contributed by atoms with E-state index < -0.39 is 0 Å². The van der Waals surface area contributed by atoms with E-state index in [-0.39, 0.29) is 17.4 Å². The molecule has 0 spiro atoms. The number of phenolic OH excluding ortho intramolecular Hbond substituents is 2. The number of aromatic hydroxyl groups is 2. The van der Waals surface area contributed by atoms with Gasteiger partial charge in [0.1, 0.15) is 5.75 Å². The Labute approximate surface area is 134 Å². The van der Waals surface area contributed by atoms with Gasteiger partial charge in [-0.1, -0.05) is 18.2 Å². The zero-order valence-corrected chi connectivity index (χ0v) is 13.0. The predicted octanol–water partition coefficient (Wildman–Crippen LogP) is 3.73. The van der Waals surface area contributed by atoms with Gasteiger partial charge in [0.15, 0.2) is 11.5 Å². The van der Waals surface area contributed by atoms with Crippen molar-refractivity contribution in [2.75, 3.05) is 13.2 Å². The van der Waals surface area contributed by atoms with Crippen molar-refractivity contribution in [1.82, 2.24) is 0 Å². The number of nitrogens with zero attached hydrogens (tertiary/aromatic N) is 1. The van der Waals surface area contributed by atoms with Crippen LogP contribution in [0, 0.1) is 0 Å². The molecule has 0 saturated heterocycles. The normalized spacial score (nSPS) is 11.5. The van der Waals surface area contributed by atoms with Gasteiger partial charge >= 0.3 is 0 Å². The van der Waals surface area contributed by atoms with Gasteiger partial charge in [0.25, 0.3) is 0 Å². The highest BCUT2D eigenvalue weighted by Gasteiger charge is 2.16. The molecular weight excluding hydrogens is 298 g/mol. The van der Waals surface area contributed by atoms with Crippen LogP contribution in [0.1, 0.15) is 24.0 Å². The number of phenols is 2. The predicted molar refractivity (Wildman–Crippen MR) is 89.1 cm³/mol. The molecule has 2 aromatic rings. The van der Waals surface area contributed by atoms with Crippen LogP contribution in [0.25, 0.3) is 0 Å². The van der Waals surface area contributed by atoms with E-state index in [4.69, 9.17) is 4.74 Å². The van der Waals surface area contributed by atoms with Crippen molar-refractivity contribution in [3.63, 3.8) is 0 Å². The summed E-state index contributed by atoms with van der Waals surface area (Å²) in [4.78, 5) is 4.04. The maximum absolute atomic E-state index is 9.82. The van der Waals surface area contributed by atoms with E-state index in [1.807, 2.05) is 25.1 Å². The first-order valence-electron chi connectivity index (χ1n) is 6.94. The van der Waals surface area contributed by atoms with Crippen LogP contribution in [0.2, 0.25) is 0 Å². The lowest BCUT2D eigenvalue weighted by Crippen LogP contribution is -2.05. The Morgan fingerprint density at radius 2 is 1.82 bits per heavy atom. The van der Waals surface area contributed by atoms with Crippen LogP contribution in [0.3, 0.4) is 0 Å². The van der Waals surface area contributed by atoms with Crippen molar-refractivity contribution in [2.24, 2.45) is 4.99 Å². The van der Waals surface area contributed by atoms with Gasteiger partial charge in [0, 0.05) is 5.92 Å². The summed E-state index contributed by atoms with van der Waals surface area (Å²) in [7, 11) is 0. The molecule has 114 valence electrons. The molecule has 1 atom stereocenters. The van der Waals surface area contributed by atoms with Gasteiger partial charge in [-0.15, -0.1) is 0 Å². The van der Waals surface area contributed by atoms with Crippen LogP contribution in [0.5, 0.6) is 17.2 Å². The molecular formula is C17H17NO3S. The minimum Gasteiger partial charge on any atom is -0.508 e. The number of benzene rings is 2. The Kier molecular flexibility index (Phi) is 5.53. The Morgan fingerprint density at radius 1 is 1.14 bits per heavy atom. The summed E-state index contributed by atoms with van der Waals surface area (Å²) in [5, 5.41) is 21.6. The molecule has 0 radical (unpaired) electrons. The second-order valence-electron chi connectivity index (χ2n) is 4.74. The van der Waals surface area contributed by atoms with E-state index in [0.717, 1.165) is 11.1 Å². The second-order valence-corrected chi connectivity index (χ2v) is 4.92. The quantitative estimate of drug-likeness (QED) is 0.630. The average molecular weight is 315 g/mol. The molecule has 0 heterocycles. The van der Waals surface area contributed by atoms with Crippen molar-refractivity contribution in [3.05, 3.63) is 53.6 Å². The number of hydrogen-bond acceptors (Lipinski definition) is 5. The smallest absolute Gasteiger partial charge is 0.161 e. The SMILES string of the molecule is CCOc1cc(C(CN=C=S)c2ccc(O)cc2)ccc1O. The molecule has 0 aliphatic rings. The van der Waals surface area contributed by atoms with Gasteiger partial charge in [0.2, 0.25) is 0 Å². The maximum atomic E-state index is 9.82. The minimum atomic E-state index is -0.0594. The topological polar surface area (TPSA) is 62.0 Å². The molecule has 0 aromatic heterocycles. The Balaban J connectivity index is 2.42. The van der Waals surface area contributed by atoms with Crippen LogP contribution in [0.4, 0.5) is 0 Å². The van der Waals surface area contributed by atoms with Gasteiger partial charge in [-0.2, -0.15) is 0 Å². The van der Waals surface area contributed by atoms with E-state index in [2.05, 4.69) is 22.4 Å². The fourth-order valence-corrected chi connectivity index (χ4v) is 2.33. The molecule has 0 fully saturated rings. The molecule has 2 aromatic carbocycles. The van der Waals surface area contributed by atoms with E-state index in [1.54, 1.807) is 24.3 Å². The summed E-state index contributed by atoms with van der Waals surface area (Å²) in [6.45, 7) is 2.77. The van der Waals surface area contributed by atoms with Crippen molar-refractivity contribution in [3.8, 4) is 17.2 Å². The zero-order chi connectivity index (χ0) is 15.9. The van der Waals surface area contributed by atoms with Gasteiger partial charge in [0.05, 0.1) is 18.3 Å². The van der Waals surface area contributed by atoms with Gasteiger partial charge in [-0.3, -0.25) is 0 Å². The van der Waals surface area contributed by atoms with Gasteiger partial charge in [-0.25, -0.2) is 4.99 Å². The summed E-state index contributed by atoms with van der Waals surface area (Å²) < 4.78 is 5.43. The monoisotopic (exact) mass is 315 g/mol. The summed E-state index contributed by atoms with van der Waals surface area (Å²) in [6.07, 6.45) is 0. The maximum Gasteiger partial charge on any atom is 0.161 e. The number of ether oxygens (including phenoxy) is 1. The summed E-state index contributed by atoms with van der Waals surface area (Å²) in [5.41, 5.74) is 1.93. The first-order chi connectivity index (χ1) is 10.7. The van der Waals surface area contributed by atoms with Crippen molar-refractivity contribution in [1.29, 1.82) is 0 Å². The highest BCUT2D eigenvalue weighted by Crippen LogP contribution is 2.33. The highest BCUT2D eigenvalue weighted by molar-refractivity contribution is 7.78. The first kappa shape index (κ1) is 16.0. The Hall–Kier alpha value is -2.36. The summed E-state index contributed by atoms with van der Waals surface area (Å²) in [5.74, 6) is 0.695. The Morgan fingerprint density at radius 3 is 2.45 bits per heavy atom. The Bertz CT molecular complexity index is 679. The lowest BCUT2D eigenvalue weighted by atomic mass is 9.91. The number of thiocarbonyl (C=S) groups is 1. The lowest BCUT2D eigenvalue weighted by Gasteiger charge is -2.17. The fraction of sp³-hybridized carbons (Fsp3) is 0.235. The van der Waals surface area contributed by atoms with E-state index in [0.29, 0.717) is 18.9 Å². The minimum absolute atomic E-state index is 0.0594. The molecule has 0 amide bonds. The third kappa shape index (κ3) is 3.85. The molecule has 5 heteroatoms. The molecule has 22 heavy (non-hydrogen) atoms. The van der Waals surface area contributed by atoms with E-state index in [1.165, 1.54) is 0 Å². The number of aliphatic imine (C=N–C) groups is 1. The third-order valence-corrected chi connectivity index (χ3v) is 3.45. The molecule has 2 N–H and O–H groups in total. The van der Waals surface area contributed by atoms with Crippen LogP contribution in [0.15, 0.2) is 47.5 Å². The van der Waals surface area contributed by atoms with Gasteiger partial charge in [-0.05, 0) is 54.5 Å². The van der Waals surface area contributed by atoms with Gasteiger partial charge < -0.3 is 14.9 Å². The van der Waals surface area contributed by atoms with Crippen molar-refractivity contribution >= 4 is 17.4 Å². The van der Waals surface area contributed by atoms with E-state index >= 15 is 0 Å². The van der Waals surface area contributed by atoms with Crippen LogP contribution >= 0.6 is 12.2 Å². The van der Waals surface area contributed by atoms with Crippen LogP contribution < -0.4 is 4.74 Å². The fourth-order valence-electron chi connectivity index (χ4n) is 2.26. The highest BCUT2D eigenvalue weighted by atomic mass is 32.1. The number of isothiocyanates is 1. The van der Waals surface area contributed by atoms with Crippen LogP contribution in [-0.2, 0) is 0 Å². The molecule has 0 aliphatic carbocycles. The first-order valence-corrected chi connectivity index (χ1v) is 7.34. The lowest BCUT2D eigenvalue weighted by molar-refractivity contribution is 0.317.